The maximum Gasteiger partial charge on any atom is 0.499 e. The van der Waals surface area contributed by atoms with Crippen molar-refractivity contribution in [2.45, 2.75) is 33.5 Å². The topological polar surface area (TPSA) is 57.1 Å². The van der Waals surface area contributed by atoms with Crippen molar-refractivity contribution in [3.8, 4) is 0 Å². The summed E-state index contributed by atoms with van der Waals surface area (Å²) in [6.45, 7) is 8.17. The molecule has 1 atom stereocenters. The first-order chi connectivity index (χ1) is 6.58. The van der Waals surface area contributed by atoms with Gasteiger partial charge in [0, 0.05) is 19.8 Å². The summed E-state index contributed by atoms with van der Waals surface area (Å²) in [6.07, 6.45) is 0.868. The van der Waals surface area contributed by atoms with Crippen LogP contribution in [0.15, 0.2) is 4.99 Å². The molecule has 6 heteroatoms. The average molecular weight is 219 g/mol. The molecule has 0 fully saturated rings. The molecular weight excluding hydrogens is 202 g/mol. The van der Waals surface area contributed by atoms with E-state index in [2.05, 4.69) is 4.99 Å². The smallest absolute Gasteiger partial charge is 0.374 e. The van der Waals surface area contributed by atoms with Crippen molar-refractivity contribution in [2.75, 3.05) is 13.2 Å². The van der Waals surface area contributed by atoms with Gasteiger partial charge in [-0.2, -0.15) is 4.99 Å². The van der Waals surface area contributed by atoms with Crippen LogP contribution < -0.4 is 0 Å². The van der Waals surface area contributed by atoms with E-state index < -0.39 is 15.0 Å². The van der Waals surface area contributed by atoms with Crippen LogP contribution in [0.5, 0.6) is 0 Å². The van der Waals surface area contributed by atoms with E-state index in [-0.39, 0.29) is 0 Å². The Labute approximate surface area is 85.4 Å². The maximum atomic E-state index is 9.98. The lowest BCUT2D eigenvalue weighted by Crippen LogP contribution is -2.44. The molecule has 0 aromatic heterocycles. The number of rotatable bonds is 7. The first kappa shape index (κ1) is 13.5. The van der Waals surface area contributed by atoms with Crippen molar-refractivity contribution in [2.24, 2.45) is 4.99 Å². The second-order valence-electron chi connectivity index (χ2n) is 2.67. The van der Waals surface area contributed by atoms with Gasteiger partial charge in [-0.05, 0) is 20.8 Å². The van der Waals surface area contributed by atoms with E-state index in [0.717, 1.165) is 0 Å². The lowest BCUT2D eigenvalue weighted by Gasteiger charge is -2.26. The Hall–Kier alpha value is -0.523. The molecule has 0 rings (SSSR count). The van der Waals surface area contributed by atoms with Gasteiger partial charge in [0.15, 0.2) is 6.23 Å². The molecule has 0 aliphatic heterocycles. The second kappa shape index (κ2) is 6.86. The van der Waals surface area contributed by atoms with E-state index in [0.29, 0.717) is 13.2 Å². The first-order valence-corrected chi connectivity index (χ1v) is 6.83. The molecule has 0 aromatic rings. The molecule has 0 radical (unpaired) electrons. The zero-order valence-electron chi connectivity index (χ0n) is 9.07. The van der Waals surface area contributed by atoms with Crippen LogP contribution in [0, 0.1) is 0 Å². The first-order valence-electron chi connectivity index (χ1n) is 4.60. The third-order valence-electron chi connectivity index (χ3n) is 1.43. The van der Waals surface area contributed by atoms with E-state index in [1.54, 1.807) is 13.5 Å². The summed E-state index contributed by atoms with van der Waals surface area (Å²) in [5.74, 6) is 0. The monoisotopic (exact) mass is 219 g/mol. The predicted molar refractivity (Wildman–Crippen MR) is 53.5 cm³/mol. The summed E-state index contributed by atoms with van der Waals surface area (Å²) in [7, 11) is -2.62. The minimum Gasteiger partial charge on any atom is -0.374 e. The Morgan fingerprint density at radius 3 is 2.21 bits per heavy atom. The van der Waals surface area contributed by atoms with E-state index in [9.17, 15) is 4.79 Å². The normalized spacial score (nSPS) is 13.4. The van der Waals surface area contributed by atoms with E-state index in [1.165, 1.54) is 6.08 Å². The molecule has 5 nitrogen and oxygen atoms in total. The number of nitrogens with zero attached hydrogens (tertiary/aromatic N) is 1. The SMILES string of the molecule is CCO[Si](C)(OCC)OC(C)N=C=O. The molecule has 0 aromatic carbocycles. The number of aliphatic imine (C=N–C) groups is 1. The van der Waals surface area contributed by atoms with Gasteiger partial charge in [-0.1, -0.05) is 0 Å². The number of isocyanates is 1. The van der Waals surface area contributed by atoms with Crippen LogP contribution in [0.4, 0.5) is 0 Å². The van der Waals surface area contributed by atoms with Crippen molar-refractivity contribution in [1.82, 2.24) is 0 Å². The summed E-state index contributed by atoms with van der Waals surface area (Å²) in [6, 6.07) is 0. The molecule has 0 heterocycles. The zero-order valence-corrected chi connectivity index (χ0v) is 10.1. The Bertz CT molecular complexity index is 200. The third-order valence-corrected chi connectivity index (χ3v) is 3.83. The molecular formula is C8H17NO4Si. The minimum atomic E-state index is -2.62. The van der Waals surface area contributed by atoms with E-state index >= 15 is 0 Å². The summed E-state index contributed by atoms with van der Waals surface area (Å²) < 4.78 is 16.2. The molecule has 0 N–H and O–H groups in total. The Morgan fingerprint density at radius 2 is 1.86 bits per heavy atom. The van der Waals surface area contributed by atoms with Crippen LogP contribution >= 0.6 is 0 Å². The molecule has 0 saturated carbocycles. The summed E-state index contributed by atoms with van der Waals surface area (Å²) in [5.41, 5.74) is 0. The molecule has 0 aliphatic carbocycles. The minimum absolute atomic E-state index is 0.514. The van der Waals surface area contributed by atoms with Gasteiger partial charge in [0.2, 0.25) is 6.08 Å². The fourth-order valence-electron chi connectivity index (χ4n) is 1.04. The highest BCUT2D eigenvalue weighted by Gasteiger charge is 2.35. The zero-order chi connectivity index (χ0) is 11.0. The molecule has 0 saturated heterocycles. The van der Waals surface area contributed by atoms with Gasteiger partial charge in [-0.15, -0.1) is 0 Å². The summed E-state index contributed by atoms with van der Waals surface area (Å²) >= 11 is 0. The Morgan fingerprint density at radius 1 is 1.36 bits per heavy atom. The van der Waals surface area contributed by atoms with Crippen molar-refractivity contribution >= 4 is 14.9 Å². The van der Waals surface area contributed by atoms with Crippen molar-refractivity contribution in [3.63, 3.8) is 0 Å². The molecule has 1 unspecified atom stereocenters. The Balaban J connectivity index is 4.26. The summed E-state index contributed by atoms with van der Waals surface area (Å²) in [5, 5.41) is 0. The van der Waals surface area contributed by atoms with Crippen molar-refractivity contribution in [1.29, 1.82) is 0 Å². The standard InChI is InChI=1S/C8H17NO4Si/c1-5-11-14(4,12-6-2)13-8(3)9-7-10/h8H,5-6H2,1-4H3. The average Bonchev–Trinajstić information content (AvgIpc) is 2.04. The van der Waals surface area contributed by atoms with Gasteiger partial charge < -0.3 is 13.3 Å². The van der Waals surface area contributed by atoms with Crippen LogP contribution in [0.3, 0.4) is 0 Å². The quantitative estimate of drug-likeness (QED) is 0.368. The lowest BCUT2D eigenvalue weighted by atomic mass is 10.7. The number of carbonyl (C=O) groups excluding carboxylic acids is 1. The van der Waals surface area contributed by atoms with E-state index in [1.807, 2.05) is 13.8 Å². The van der Waals surface area contributed by atoms with Gasteiger partial charge in [-0.25, -0.2) is 4.79 Å². The van der Waals surface area contributed by atoms with Crippen LogP contribution in [0.1, 0.15) is 20.8 Å². The third kappa shape index (κ3) is 5.26. The number of hydrogen-bond acceptors (Lipinski definition) is 5. The number of hydrogen-bond donors (Lipinski definition) is 0. The highest BCUT2D eigenvalue weighted by molar-refractivity contribution is 6.59. The van der Waals surface area contributed by atoms with E-state index in [4.69, 9.17) is 13.3 Å². The van der Waals surface area contributed by atoms with Crippen LogP contribution in [-0.2, 0) is 18.1 Å². The predicted octanol–water partition coefficient (Wildman–Crippen LogP) is 1.33. The van der Waals surface area contributed by atoms with Gasteiger partial charge in [-0.3, -0.25) is 0 Å². The largest absolute Gasteiger partial charge is 0.499 e. The molecule has 14 heavy (non-hydrogen) atoms. The molecule has 0 aliphatic rings. The second-order valence-corrected chi connectivity index (χ2v) is 5.20. The van der Waals surface area contributed by atoms with Crippen LogP contribution in [0.2, 0.25) is 6.55 Å². The molecule has 0 amide bonds. The van der Waals surface area contributed by atoms with Crippen molar-refractivity contribution < 1.29 is 18.1 Å². The van der Waals surface area contributed by atoms with Gasteiger partial charge in [0.1, 0.15) is 0 Å². The fraction of sp³-hybridized carbons (Fsp3) is 0.875. The fourth-order valence-corrected chi connectivity index (χ4v) is 2.98. The Kier molecular flexibility index (Phi) is 6.60. The summed E-state index contributed by atoms with van der Waals surface area (Å²) in [4.78, 5) is 13.4. The van der Waals surface area contributed by atoms with Gasteiger partial charge >= 0.3 is 8.80 Å². The molecule has 0 bridgehead atoms. The van der Waals surface area contributed by atoms with Gasteiger partial charge in [0.25, 0.3) is 0 Å². The highest BCUT2D eigenvalue weighted by Crippen LogP contribution is 2.12. The van der Waals surface area contributed by atoms with Crippen LogP contribution in [-0.4, -0.2) is 34.3 Å². The van der Waals surface area contributed by atoms with Crippen LogP contribution in [0.25, 0.3) is 0 Å². The van der Waals surface area contributed by atoms with Crippen molar-refractivity contribution in [3.05, 3.63) is 0 Å². The lowest BCUT2D eigenvalue weighted by molar-refractivity contribution is 0.0475. The highest BCUT2D eigenvalue weighted by atomic mass is 28.4. The molecule has 82 valence electrons. The maximum absolute atomic E-state index is 9.98. The van der Waals surface area contributed by atoms with Gasteiger partial charge in [0.05, 0.1) is 0 Å². The molecule has 0 spiro atoms.